The molecule has 0 heterocycles. The second-order valence-corrected chi connectivity index (χ2v) is 4.76. The summed E-state index contributed by atoms with van der Waals surface area (Å²) >= 11 is 0. The van der Waals surface area contributed by atoms with E-state index in [0.29, 0.717) is 5.75 Å². The normalized spacial score (nSPS) is 10.3. The molecule has 7 nitrogen and oxygen atoms in total. The molecule has 2 aromatic rings. The number of hydrogen-bond donors (Lipinski definition) is 3. The van der Waals surface area contributed by atoms with Gasteiger partial charge in [0.2, 0.25) is 0 Å². The summed E-state index contributed by atoms with van der Waals surface area (Å²) in [6, 6.07) is 16.0. The summed E-state index contributed by atoms with van der Waals surface area (Å²) in [7, 11) is 0. The van der Waals surface area contributed by atoms with Crippen LogP contribution in [0.3, 0.4) is 0 Å². The Bertz CT molecular complexity index is 700. The fourth-order valence-electron chi connectivity index (χ4n) is 1.75. The van der Waals surface area contributed by atoms with Gasteiger partial charge in [0, 0.05) is 5.69 Å². The molecule has 2 rings (SSSR count). The van der Waals surface area contributed by atoms with Gasteiger partial charge in [-0.05, 0) is 42.0 Å². The van der Waals surface area contributed by atoms with E-state index in [-0.39, 0.29) is 12.5 Å². The zero-order valence-corrected chi connectivity index (χ0v) is 12.8. The first-order valence-corrected chi connectivity index (χ1v) is 7.19. The van der Waals surface area contributed by atoms with Crippen LogP contribution in [0.4, 0.5) is 5.69 Å². The number of aliphatic carboxylic acids is 1. The van der Waals surface area contributed by atoms with E-state index >= 15 is 0 Å². The maximum atomic E-state index is 11.6. The number of amides is 1. The van der Waals surface area contributed by atoms with E-state index in [9.17, 15) is 9.59 Å². The predicted octanol–water partition coefficient (Wildman–Crippen LogP) is 1.71. The smallest absolute Gasteiger partial charge is 0.341 e. The van der Waals surface area contributed by atoms with Crippen molar-refractivity contribution in [1.82, 2.24) is 5.43 Å². The van der Waals surface area contributed by atoms with Gasteiger partial charge >= 0.3 is 5.97 Å². The molecule has 124 valence electrons. The number of hydrogen-bond acceptors (Lipinski definition) is 5. The molecule has 0 atom stereocenters. The van der Waals surface area contributed by atoms with Crippen molar-refractivity contribution in [2.24, 2.45) is 5.10 Å². The van der Waals surface area contributed by atoms with Gasteiger partial charge in [-0.3, -0.25) is 4.79 Å². The summed E-state index contributed by atoms with van der Waals surface area (Å²) in [5.74, 6) is -0.852. The van der Waals surface area contributed by atoms with Crippen LogP contribution in [0, 0.1) is 0 Å². The van der Waals surface area contributed by atoms with E-state index in [4.69, 9.17) is 9.84 Å². The number of carbonyl (C=O) groups is 2. The van der Waals surface area contributed by atoms with Gasteiger partial charge in [-0.15, -0.1) is 0 Å². The van der Waals surface area contributed by atoms with Crippen molar-refractivity contribution in [2.45, 2.75) is 0 Å². The molecule has 0 radical (unpaired) electrons. The number of carbonyl (C=O) groups excluding carboxylic acids is 1. The van der Waals surface area contributed by atoms with E-state index in [0.717, 1.165) is 11.3 Å². The molecule has 0 unspecified atom stereocenters. The lowest BCUT2D eigenvalue weighted by Gasteiger charge is -2.04. The molecular formula is C17H17N3O4. The quantitative estimate of drug-likeness (QED) is 0.506. The zero-order valence-electron chi connectivity index (χ0n) is 12.8. The van der Waals surface area contributed by atoms with E-state index in [1.807, 2.05) is 30.3 Å². The van der Waals surface area contributed by atoms with Crippen LogP contribution in [-0.4, -0.2) is 36.3 Å². The number of nitrogens with one attached hydrogen (secondary N) is 2. The van der Waals surface area contributed by atoms with Crippen molar-refractivity contribution in [2.75, 3.05) is 18.5 Å². The van der Waals surface area contributed by atoms with Crippen LogP contribution < -0.4 is 15.5 Å². The van der Waals surface area contributed by atoms with Crippen molar-refractivity contribution >= 4 is 23.8 Å². The number of nitrogens with zero attached hydrogens (tertiary/aromatic N) is 1. The van der Waals surface area contributed by atoms with Crippen LogP contribution in [0.1, 0.15) is 5.56 Å². The van der Waals surface area contributed by atoms with Crippen LogP contribution >= 0.6 is 0 Å². The topological polar surface area (TPSA) is 100 Å². The molecule has 0 aliphatic carbocycles. The molecule has 0 fully saturated rings. The van der Waals surface area contributed by atoms with Crippen LogP contribution in [0.2, 0.25) is 0 Å². The third-order valence-corrected chi connectivity index (χ3v) is 2.87. The maximum absolute atomic E-state index is 11.6. The largest absolute Gasteiger partial charge is 0.482 e. The summed E-state index contributed by atoms with van der Waals surface area (Å²) in [4.78, 5) is 22.0. The van der Waals surface area contributed by atoms with Gasteiger partial charge in [-0.2, -0.15) is 5.10 Å². The summed E-state index contributed by atoms with van der Waals surface area (Å²) in [6.07, 6.45) is 1.49. The van der Waals surface area contributed by atoms with Gasteiger partial charge in [0.05, 0.1) is 12.8 Å². The summed E-state index contributed by atoms with van der Waals surface area (Å²) in [5, 5.41) is 15.4. The number of carboxylic acids is 1. The molecule has 3 N–H and O–H groups in total. The second kappa shape index (κ2) is 8.94. The lowest BCUT2D eigenvalue weighted by atomic mass is 10.2. The maximum Gasteiger partial charge on any atom is 0.341 e. The lowest BCUT2D eigenvalue weighted by molar-refractivity contribution is -0.139. The second-order valence-electron chi connectivity index (χ2n) is 4.76. The summed E-state index contributed by atoms with van der Waals surface area (Å²) in [6.45, 7) is -0.277. The molecule has 0 saturated carbocycles. The van der Waals surface area contributed by atoms with Crippen LogP contribution in [0.5, 0.6) is 5.75 Å². The Morgan fingerprint density at radius 2 is 1.79 bits per heavy atom. The highest BCUT2D eigenvalue weighted by atomic mass is 16.5. The average Bonchev–Trinajstić information content (AvgIpc) is 2.60. The SMILES string of the molecule is O=C(O)COc1ccc(/C=N\NC(=O)CNc2ccccc2)cc1. The van der Waals surface area contributed by atoms with Crippen molar-refractivity contribution < 1.29 is 19.4 Å². The standard InChI is InChI=1S/C17H17N3O4/c21-16(11-18-14-4-2-1-3-5-14)20-19-10-13-6-8-15(9-7-13)24-12-17(22)23/h1-10,18H,11-12H2,(H,20,21)(H,22,23)/b19-10-. The molecule has 0 spiro atoms. The fourth-order valence-corrected chi connectivity index (χ4v) is 1.75. The Morgan fingerprint density at radius 1 is 1.08 bits per heavy atom. The molecule has 0 bridgehead atoms. The van der Waals surface area contributed by atoms with Gasteiger partial charge in [0.15, 0.2) is 6.61 Å². The first kappa shape index (κ1) is 17.0. The van der Waals surface area contributed by atoms with Gasteiger partial charge in [-0.25, -0.2) is 10.2 Å². The Morgan fingerprint density at radius 3 is 2.46 bits per heavy atom. The molecule has 0 aromatic heterocycles. The Hall–Kier alpha value is -3.35. The minimum atomic E-state index is -1.03. The van der Waals surface area contributed by atoms with Gasteiger partial charge in [0.25, 0.3) is 5.91 Å². The molecule has 2 aromatic carbocycles. The minimum absolute atomic E-state index is 0.114. The predicted molar refractivity (Wildman–Crippen MR) is 90.2 cm³/mol. The van der Waals surface area contributed by atoms with Gasteiger partial charge in [-0.1, -0.05) is 18.2 Å². The highest BCUT2D eigenvalue weighted by molar-refractivity contribution is 5.84. The van der Waals surface area contributed by atoms with Crippen molar-refractivity contribution in [1.29, 1.82) is 0 Å². The Labute approximate surface area is 139 Å². The number of ether oxygens (including phenoxy) is 1. The number of para-hydroxylation sites is 1. The van der Waals surface area contributed by atoms with E-state index in [2.05, 4.69) is 15.8 Å². The number of carboxylic acid groups (broad SMARTS) is 1. The molecule has 1 amide bonds. The average molecular weight is 327 g/mol. The van der Waals surface area contributed by atoms with E-state index in [1.54, 1.807) is 24.3 Å². The van der Waals surface area contributed by atoms with Gasteiger partial charge in [0.1, 0.15) is 5.75 Å². The third-order valence-electron chi connectivity index (χ3n) is 2.87. The molecule has 0 aliphatic heterocycles. The fraction of sp³-hybridized carbons (Fsp3) is 0.118. The summed E-state index contributed by atoms with van der Waals surface area (Å²) in [5.41, 5.74) is 4.01. The van der Waals surface area contributed by atoms with E-state index in [1.165, 1.54) is 6.21 Å². The van der Waals surface area contributed by atoms with Crippen LogP contribution in [0.25, 0.3) is 0 Å². The molecular weight excluding hydrogens is 310 g/mol. The molecule has 0 saturated heterocycles. The number of rotatable bonds is 8. The van der Waals surface area contributed by atoms with Crippen molar-refractivity contribution in [3.8, 4) is 5.75 Å². The van der Waals surface area contributed by atoms with Gasteiger partial charge < -0.3 is 15.2 Å². The first-order chi connectivity index (χ1) is 11.6. The van der Waals surface area contributed by atoms with Crippen molar-refractivity contribution in [3.05, 3.63) is 60.2 Å². The number of benzene rings is 2. The first-order valence-electron chi connectivity index (χ1n) is 7.19. The third kappa shape index (κ3) is 6.18. The van der Waals surface area contributed by atoms with E-state index < -0.39 is 12.6 Å². The van der Waals surface area contributed by atoms with Crippen LogP contribution in [0.15, 0.2) is 59.7 Å². The lowest BCUT2D eigenvalue weighted by Crippen LogP contribution is -2.25. The van der Waals surface area contributed by atoms with Crippen LogP contribution in [-0.2, 0) is 9.59 Å². The summed E-state index contributed by atoms with van der Waals surface area (Å²) < 4.78 is 5.02. The highest BCUT2D eigenvalue weighted by Crippen LogP contribution is 2.10. The minimum Gasteiger partial charge on any atom is -0.482 e. The van der Waals surface area contributed by atoms with Crippen molar-refractivity contribution in [3.63, 3.8) is 0 Å². The number of hydrazone groups is 1. The Kier molecular flexibility index (Phi) is 6.34. The Balaban J connectivity index is 1.74. The molecule has 0 aliphatic rings. The molecule has 24 heavy (non-hydrogen) atoms. The zero-order chi connectivity index (χ0) is 17.2. The molecule has 7 heteroatoms. The number of anilines is 1. The highest BCUT2D eigenvalue weighted by Gasteiger charge is 2.00. The monoisotopic (exact) mass is 327 g/mol.